The van der Waals surface area contributed by atoms with Gasteiger partial charge in [-0.2, -0.15) is 0 Å². The number of ketones is 1. The van der Waals surface area contributed by atoms with Crippen molar-refractivity contribution in [1.82, 2.24) is 16.2 Å². The van der Waals surface area contributed by atoms with E-state index in [0.29, 0.717) is 11.1 Å². The average molecular weight is 401 g/mol. The first-order valence-electron chi connectivity index (χ1n) is 9.17. The van der Waals surface area contributed by atoms with Crippen molar-refractivity contribution in [3.63, 3.8) is 0 Å². The summed E-state index contributed by atoms with van der Waals surface area (Å²) < 4.78 is 0. The summed E-state index contributed by atoms with van der Waals surface area (Å²) in [6.07, 6.45) is 0. The van der Waals surface area contributed by atoms with Crippen LogP contribution in [0.25, 0.3) is 0 Å². The number of rotatable bonds is 6. The van der Waals surface area contributed by atoms with Crippen molar-refractivity contribution in [2.45, 2.75) is 0 Å². The molecule has 0 radical (unpaired) electrons. The molecule has 0 saturated heterocycles. The van der Waals surface area contributed by atoms with E-state index in [2.05, 4.69) is 16.2 Å². The van der Waals surface area contributed by atoms with Gasteiger partial charge in [-0.05, 0) is 18.2 Å². The Balaban J connectivity index is 1.58. The van der Waals surface area contributed by atoms with Gasteiger partial charge in [0.2, 0.25) is 0 Å². The summed E-state index contributed by atoms with van der Waals surface area (Å²) in [4.78, 5) is 49.1. The first-order chi connectivity index (χ1) is 14.6. The van der Waals surface area contributed by atoms with Gasteiger partial charge in [0.15, 0.2) is 5.78 Å². The van der Waals surface area contributed by atoms with Gasteiger partial charge in [-0.25, -0.2) is 0 Å². The fourth-order valence-corrected chi connectivity index (χ4v) is 2.71. The fourth-order valence-electron chi connectivity index (χ4n) is 2.71. The molecule has 7 nitrogen and oxygen atoms in total. The molecule has 0 spiro atoms. The lowest BCUT2D eigenvalue weighted by atomic mass is 9.98. The number of carbonyl (C=O) groups excluding carboxylic acids is 4. The molecule has 3 rings (SSSR count). The molecule has 0 atom stereocenters. The topological polar surface area (TPSA) is 104 Å². The van der Waals surface area contributed by atoms with Crippen LogP contribution in [0.3, 0.4) is 0 Å². The minimum absolute atomic E-state index is 0.125. The van der Waals surface area contributed by atoms with Crippen LogP contribution in [-0.4, -0.2) is 30.0 Å². The highest BCUT2D eigenvalue weighted by Crippen LogP contribution is 2.14. The predicted molar refractivity (Wildman–Crippen MR) is 111 cm³/mol. The van der Waals surface area contributed by atoms with Crippen molar-refractivity contribution in [2.75, 3.05) is 6.54 Å². The van der Waals surface area contributed by atoms with Gasteiger partial charge >= 0.3 is 0 Å². The predicted octanol–water partition coefficient (Wildman–Crippen LogP) is 2.11. The molecule has 0 aliphatic heterocycles. The van der Waals surface area contributed by atoms with Crippen LogP contribution in [0.4, 0.5) is 0 Å². The van der Waals surface area contributed by atoms with E-state index in [-0.39, 0.29) is 23.5 Å². The summed E-state index contributed by atoms with van der Waals surface area (Å²) in [5, 5.41) is 2.46. The SMILES string of the molecule is O=C(CNC(=O)c1ccccc1)NNC(=O)c1ccccc1C(=O)c1ccccc1. The molecule has 150 valence electrons. The van der Waals surface area contributed by atoms with E-state index in [4.69, 9.17) is 0 Å². The summed E-state index contributed by atoms with van der Waals surface area (Å²) in [5.41, 5.74) is 5.71. The van der Waals surface area contributed by atoms with Gasteiger partial charge in [-0.1, -0.05) is 66.7 Å². The van der Waals surface area contributed by atoms with Crippen molar-refractivity contribution in [1.29, 1.82) is 0 Å². The zero-order chi connectivity index (χ0) is 21.3. The van der Waals surface area contributed by atoms with Crippen LogP contribution in [0.1, 0.15) is 36.6 Å². The second kappa shape index (κ2) is 9.79. The number of hydrazine groups is 1. The van der Waals surface area contributed by atoms with Gasteiger partial charge in [0, 0.05) is 16.7 Å². The Kier molecular flexibility index (Phi) is 6.68. The third-order valence-electron chi connectivity index (χ3n) is 4.21. The number of benzene rings is 3. The number of hydrogen-bond donors (Lipinski definition) is 3. The summed E-state index contributed by atoms with van der Waals surface area (Å²) in [7, 11) is 0. The lowest BCUT2D eigenvalue weighted by Crippen LogP contribution is -2.46. The summed E-state index contributed by atoms with van der Waals surface area (Å²) >= 11 is 0. The van der Waals surface area contributed by atoms with Crippen LogP contribution >= 0.6 is 0 Å². The lowest BCUT2D eigenvalue weighted by Gasteiger charge is -2.11. The Morgan fingerprint density at radius 1 is 0.567 bits per heavy atom. The molecule has 3 amide bonds. The van der Waals surface area contributed by atoms with E-state index < -0.39 is 17.7 Å². The van der Waals surface area contributed by atoms with Crippen LogP contribution in [0.15, 0.2) is 84.9 Å². The van der Waals surface area contributed by atoms with E-state index in [0.717, 1.165) is 0 Å². The maximum atomic E-state index is 12.7. The third-order valence-corrected chi connectivity index (χ3v) is 4.21. The Morgan fingerprint density at radius 3 is 1.73 bits per heavy atom. The molecule has 0 aromatic heterocycles. The zero-order valence-corrected chi connectivity index (χ0v) is 15.9. The zero-order valence-electron chi connectivity index (χ0n) is 15.9. The van der Waals surface area contributed by atoms with E-state index in [1.165, 1.54) is 6.07 Å². The van der Waals surface area contributed by atoms with E-state index in [9.17, 15) is 19.2 Å². The molecule has 30 heavy (non-hydrogen) atoms. The number of nitrogens with one attached hydrogen (secondary N) is 3. The minimum Gasteiger partial charge on any atom is -0.343 e. The van der Waals surface area contributed by atoms with Gasteiger partial charge in [-0.15, -0.1) is 0 Å². The Labute approximate surface area is 173 Å². The number of carbonyl (C=O) groups is 4. The van der Waals surface area contributed by atoms with Crippen LogP contribution in [0, 0.1) is 0 Å². The van der Waals surface area contributed by atoms with Crippen LogP contribution in [0.2, 0.25) is 0 Å². The van der Waals surface area contributed by atoms with Gasteiger partial charge in [0.1, 0.15) is 0 Å². The maximum absolute atomic E-state index is 12.7. The van der Waals surface area contributed by atoms with E-state index >= 15 is 0 Å². The molecule has 3 aromatic carbocycles. The highest BCUT2D eigenvalue weighted by atomic mass is 16.2. The van der Waals surface area contributed by atoms with Crippen molar-refractivity contribution in [3.05, 3.63) is 107 Å². The highest BCUT2D eigenvalue weighted by Gasteiger charge is 2.18. The molecule has 0 heterocycles. The third kappa shape index (κ3) is 5.17. The number of hydrogen-bond acceptors (Lipinski definition) is 4. The van der Waals surface area contributed by atoms with Gasteiger partial charge in [-0.3, -0.25) is 30.0 Å². The van der Waals surface area contributed by atoms with Crippen molar-refractivity contribution >= 4 is 23.5 Å². The average Bonchev–Trinajstić information content (AvgIpc) is 2.81. The quantitative estimate of drug-likeness (QED) is 0.435. The van der Waals surface area contributed by atoms with Crippen molar-refractivity contribution in [2.24, 2.45) is 0 Å². The van der Waals surface area contributed by atoms with Crippen molar-refractivity contribution in [3.8, 4) is 0 Å². The standard InChI is InChI=1S/C23H19N3O4/c27-20(15-24-22(29)17-11-5-2-6-12-17)25-26-23(30)19-14-8-7-13-18(19)21(28)16-9-3-1-4-10-16/h1-14H,15H2,(H,24,29)(H,25,27)(H,26,30). The van der Waals surface area contributed by atoms with Gasteiger partial charge in [0.05, 0.1) is 12.1 Å². The monoisotopic (exact) mass is 401 g/mol. The normalized spacial score (nSPS) is 10.0. The largest absolute Gasteiger partial charge is 0.343 e. The molecular weight excluding hydrogens is 382 g/mol. The second-order valence-corrected chi connectivity index (χ2v) is 6.29. The molecule has 0 aliphatic rings. The van der Waals surface area contributed by atoms with Gasteiger partial charge in [0.25, 0.3) is 17.7 Å². The molecule has 0 fully saturated rings. The Bertz CT molecular complexity index is 1070. The first kappa shape index (κ1) is 20.5. The smallest absolute Gasteiger partial charge is 0.270 e. The number of amides is 3. The van der Waals surface area contributed by atoms with E-state index in [1.807, 2.05) is 0 Å². The molecule has 0 unspecified atom stereocenters. The first-order valence-corrected chi connectivity index (χ1v) is 9.17. The Hall–Kier alpha value is -4.26. The molecule has 0 saturated carbocycles. The van der Waals surface area contributed by atoms with Crippen molar-refractivity contribution < 1.29 is 19.2 Å². The highest BCUT2D eigenvalue weighted by molar-refractivity contribution is 6.15. The Morgan fingerprint density at radius 2 is 1.10 bits per heavy atom. The van der Waals surface area contributed by atoms with E-state index in [1.54, 1.807) is 78.9 Å². The lowest BCUT2D eigenvalue weighted by molar-refractivity contribution is -0.120. The molecule has 0 aliphatic carbocycles. The minimum atomic E-state index is -0.641. The fraction of sp³-hybridized carbons (Fsp3) is 0.0435. The summed E-state index contributed by atoms with van der Waals surface area (Å²) in [6, 6.07) is 23.4. The summed E-state index contributed by atoms with van der Waals surface area (Å²) in [6.45, 7) is -0.321. The molecule has 0 bridgehead atoms. The van der Waals surface area contributed by atoms with Crippen LogP contribution in [0.5, 0.6) is 0 Å². The summed E-state index contributed by atoms with van der Waals surface area (Å²) in [5.74, 6) is -1.96. The molecule has 7 heteroatoms. The molecule has 3 aromatic rings. The molecular formula is C23H19N3O4. The second-order valence-electron chi connectivity index (χ2n) is 6.29. The van der Waals surface area contributed by atoms with Gasteiger partial charge < -0.3 is 5.32 Å². The van der Waals surface area contributed by atoms with Crippen LogP contribution in [-0.2, 0) is 4.79 Å². The maximum Gasteiger partial charge on any atom is 0.270 e. The van der Waals surface area contributed by atoms with Crippen LogP contribution < -0.4 is 16.2 Å². The molecule has 3 N–H and O–H groups in total.